The maximum Gasteiger partial charge on any atom is 0.0153 e. The monoisotopic (exact) mass is 163 g/mol. The maximum absolute atomic E-state index is 3.37. The van der Waals surface area contributed by atoms with Crippen LogP contribution in [0.4, 0.5) is 0 Å². The highest BCUT2D eigenvalue weighted by atomic mass is 14.7. The molecule has 0 fully saturated rings. The number of H-pyrrole nitrogens is 1. The fourth-order valence-corrected chi connectivity index (χ4v) is 1.32. The molecule has 0 aromatic carbocycles. The molecule has 0 unspecified atom stereocenters. The number of aromatic nitrogens is 1. The van der Waals surface area contributed by atoms with E-state index in [0.717, 1.165) is 12.8 Å². The number of nitrogens with one attached hydrogen (secondary N) is 1. The molecule has 0 spiro atoms. The SMILES string of the molecule is C/C=C/Cc1cc(CC)[nH]c1C. The van der Waals surface area contributed by atoms with Crippen LogP contribution in [0.3, 0.4) is 0 Å². The minimum Gasteiger partial charge on any atom is -0.362 e. The molecule has 0 amide bonds. The van der Waals surface area contributed by atoms with E-state index in [-0.39, 0.29) is 0 Å². The van der Waals surface area contributed by atoms with Crippen molar-refractivity contribution in [1.82, 2.24) is 4.98 Å². The molecule has 0 radical (unpaired) electrons. The molecule has 0 saturated carbocycles. The van der Waals surface area contributed by atoms with Gasteiger partial charge in [-0.05, 0) is 38.3 Å². The molecule has 66 valence electrons. The molecule has 1 heteroatoms. The van der Waals surface area contributed by atoms with Crippen molar-refractivity contribution in [2.75, 3.05) is 0 Å². The lowest BCUT2D eigenvalue weighted by Crippen LogP contribution is -1.80. The molecule has 0 atom stereocenters. The summed E-state index contributed by atoms with van der Waals surface area (Å²) in [5.41, 5.74) is 4.07. The van der Waals surface area contributed by atoms with Crippen LogP contribution < -0.4 is 0 Å². The third-order valence-electron chi connectivity index (χ3n) is 2.13. The van der Waals surface area contributed by atoms with Gasteiger partial charge >= 0.3 is 0 Å². The molecular weight excluding hydrogens is 146 g/mol. The van der Waals surface area contributed by atoms with E-state index in [2.05, 4.69) is 44.0 Å². The average Bonchev–Trinajstić information content (AvgIpc) is 2.43. The number of hydrogen-bond donors (Lipinski definition) is 1. The van der Waals surface area contributed by atoms with Crippen molar-refractivity contribution in [2.24, 2.45) is 0 Å². The Hall–Kier alpha value is -0.980. The molecule has 12 heavy (non-hydrogen) atoms. The maximum atomic E-state index is 3.37. The molecule has 1 nitrogen and oxygen atoms in total. The van der Waals surface area contributed by atoms with Gasteiger partial charge in [-0.3, -0.25) is 0 Å². The van der Waals surface area contributed by atoms with Crippen molar-refractivity contribution in [3.63, 3.8) is 0 Å². The molecule has 0 aliphatic rings. The minimum atomic E-state index is 1.05. The third kappa shape index (κ3) is 2.00. The zero-order valence-electron chi connectivity index (χ0n) is 8.15. The van der Waals surface area contributed by atoms with Gasteiger partial charge in [-0.2, -0.15) is 0 Å². The summed E-state index contributed by atoms with van der Waals surface area (Å²) in [4.78, 5) is 3.37. The Balaban J connectivity index is 2.77. The molecule has 1 rings (SSSR count). The molecule has 1 heterocycles. The largest absolute Gasteiger partial charge is 0.362 e. The van der Waals surface area contributed by atoms with Gasteiger partial charge in [-0.25, -0.2) is 0 Å². The summed E-state index contributed by atoms with van der Waals surface area (Å²) in [6.45, 7) is 6.37. The van der Waals surface area contributed by atoms with Crippen LogP contribution in [0.25, 0.3) is 0 Å². The van der Waals surface area contributed by atoms with E-state index >= 15 is 0 Å². The van der Waals surface area contributed by atoms with Crippen molar-refractivity contribution in [3.8, 4) is 0 Å². The molecule has 1 aromatic heterocycles. The van der Waals surface area contributed by atoms with E-state index in [9.17, 15) is 0 Å². The summed E-state index contributed by atoms with van der Waals surface area (Å²) >= 11 is 0. The Kier molecular flexibility index (Phi) is 3.15. The third-order valence-corrected chi connectivity index (χ3v) is 2.13. The fraction of sp³-hybridized carbons (Fsp3) is 0.455. The highest BCUT2D eigenvalue weighted by Gasteiger charge is 2.00. The van der Waals surface area contributed by atoms with Gasteiger partial charge in [0.2, 0.25) is 0 Å². The van der Waals surface area contributed by atoms with Gasteiger partial charge < -0.3 is 4.98 Å². The van der Waals surface area contributed by atoms with E-state index in [1.165, 1.54) is 17.0 Å². The van der Waals surface area contributed by atoms with Crippen LogP contribution in [0.5, 0.6) is 0 Å². The minimum absolute atomic E-state index is 1.05. The molecule has 0 aliphatic heterocycles. The Morgan fingerprint density at radius 3 is 2.75 bits per heavy atom. The molecule has 0 aliphatic carbocycles. The van der Waals surface area contributed by atoms with Crippen molar-refractivity contribution >= 4 is 0 Å². The molecule has 0 bridgehead atoms. The summed E-state index contributed by atoms with van der Waals surface area (Å²) in [5, 5.41) is 0. The highest BCUT2D eigenvalue weighted by Crippen LogP contribution is 2.11. The summed E-state index contributed by atoms with van der Waals surface area (Å²) in [6.07, 6.45) is 6.43. The van der Waals surface area contributed by atoms with Crippen molar-refractivity contribution in [3.05, 3.63) is 35.2 Å². The van der Waals surface area contributed by atoms with E-state index in [1.54, 1.807) is 0 Å². The molecule has 1 N–H and O–H groups in total. The quantitative estimate of drug-likeness (QED) is 0.659. The number of hydrogen-bond acceptors (Lipinski definition) is 0. The normalized spacial score (nSPS) is 11.2. The summed E-state index contributed by atoms with van der Waals surface area (Å²) in [7, 11) is 0. The number of aryl methyl sites for hydroxylation is 2. The first-order valence-corrected chi connectivity index (χ1v) is 4.56. The second-order valence-electron chi connectivity index (χ2n) is 3.07. The van der Waals surface area contributed by atoms with Gasteiger partial charge in [0.1, 0.15) is 0 Å². The molecule has 0 saturated heterocycles. The molecule has 1 aromatic rings. The summed E-state index contributed by atoms with van der Waals surface area (Å²) in [6, 6.07) is 2.26. The van der Waals surface area contributed by atoms with Crippen LogP contribution in [0.1, 0.15) is 30.8 Å². The number of rotatable bonds is 3. The summed E-state index contributed by atoms with van der Waals surface area (Å²) in [5.74, 6) is 0. The van der Waals surface area contributed by atoms with Crippen LogP contribution in [-0.2, 0) is 12.8 Å². The lowest BCUT2D eigenvalue weighted by molar-refractivity contribution is 1.04. The average molecular weight is 163 g/mol. The van der Waals surface area contributed by atoms with Crippen LogP contribution >= 0.6 is 0 Å². The van der Waals surface area contributed by atoms with Gasteiger partial charge in [-0.1, -0.05) is 19.1 Å². The van der Waals surface area contributed by atoms with Crippen LogP contribution in [0, 0.1) is 6.92 Å². The lowest BCUT2D eigenvalue weighted by Gasteiger charge is -1.91. The van der Waals surface area contributed by atoms with Gasteiger partial charge in [0.05, 0.1) is 0 Å². The predicted octanol–water partition coefficient (Wildman–Crippen LogP) is 3.00. The van der Waals surface area contributed by atoms with Gasteiger partial charge in [-0.15, -0.1) is 0 Å². The van der Waals surface area contributed by atoms with Gasteiger partial charge in [0, 0.05) is 11.4 Å². The Labute approximate surface area is 74.5 Å². The smallest absolute Gasteiger partial charge is 0.0153 e. The van der Waals surface area contributed by atoms with Gasteiger partial charge in [0.25, 0.3) is 0 Å². The van der Waals surface area contributed by atoms with Crippen LogP contribution in [0.15, 0.2) is 18.2 Å². The number of aromatic amines is 1. The highest BCUT2D eigenvalue weighted by molar-refractivity contribution is 5.26. The first kappa shape index (κ1) is 9.11. The lowest BCUT2D eigenvalue weighted by atomic mass is 10.1. The Bertz CT molecular complexity index is 269. The van der Waals surface area contributed by atoms with E-state index in [0.29, 0.717) is 0 Å². The standard InChI is InChI=1S/C11H17N/c1-4-6-7-10-8-11(5-2)12-9(10)3/h4,6,8,12H,5,7H2,1-3H3/b6-4+. The van der Waals surface area contributed by atoms with E-state index in [1.807, 2.05) is 0 Å². The van der Waals surface area contributed by atoms with Crippen LogP contribution in [-0.4, -0.2) is 4.98 Å². The zero-order valence-corrected chi connectivity index (χ0v) is 8.15. The Morgan fingerprint density at radius 2 is 2.25 bits per heavy atom. The Morgan fingerprint density at radius 1 is 1.50 bits per heavy atom. The van der Waals surface area contributed by atoms with E-state index in [4.69, 9.17) is 0 Å². The first-order valence-electron chi connectivity index (χ1n) is 4.56. The summed E-state index contributed by atoms with van der Waals surface area (Å²) < 4.78 is 0. The predicted molar refractivity (Wildman–Crippen MR) is 53.4 cm³/mol. The second-order valence-corrected chi connectivity index (χ2v) is 3.07. The van der Waals surface area contributed by atoms with Crippen molar-refractivity contribution < 1.29 is 0 Å². The zero-order chi connectivity index (χ0) is 8.97. The first-order chi connectivity index (χ1) is 5.77. The topological polar surface area (TPSA) is 15.8 Å². The second kappa shape index (κ2) is 4.15. The van der Waals surface area contributed by atoms with E-state index < -0.39 is 0 Å². The fourth-order valence-electron chi connectivity index (χ4n) is 1.32. The van der Waals surface area contributed by atoms with Gasteiger partial charge in [0.15, 0.2) is 0 Å². The van der Waals surface area contributed by atoms with Crippen LogP contribution in [0.2, 0.25) is 0 Å². The van der Waals surface area contributed by atoms with Crippen molar-refractivity contribution in [1.29, 1.82) is 0 Å². The molecular formula is C11H17N. The number of allylic oxidation sites excluding steroid dienone is 2. The van der Waals surface area contributed by atoms with Crippen molar-refractivity contribution in [2.45, 2.75) is 33.6 Å².